The van der Waals surface area contributed by atoms with Crippen LogP contribution in [0.15, 0.2) is 60.8 Å². The molecule has 0 radical (unpaired) electrons. The Morgan fingerprint density at radius 1 is 1.11 bits per heavy atom. The molecule has 0 saturated heterocycles. The van der Waals surface area contributed by atoms with E-state index in [0.29, 0.717) is 24.6 Å². The number of alkyl halides is 3. The summed E-state index contributed by atoms with van der Waals surface area (Å²) in [6, 6.07) is 17.6. The highest BCUT2D eigenvalue weighted by Gasteiger charge is 2.38. The fourth-order valence-corrected chi connectivity index (χ4v) is 3.52. The molecule has 3 aromatic rings. The molecule has 186 valence electrons. The summed E-state index contributed by atoms with van der Waals surface area (Å²) in [5, 5.41) is 15.5. The molecule has 7 nitrogen and oxygen atoms in total. The molecule has 4 rings (SSSR count). The van der Waals surface area contributed by atoms with Gasteiger partial charge in [-0.3, -0.25) is 9.48 Å². The second-order valence-corrected chi connectivity index (χ2v) is 8.18. The number of benzene rings is 2. The Morgan fingerprint density at radius 2 is 1.77 bits per heavy atom. The first-order valence-electron chi connectivity index (χ1n) is 10.6. The van der Waals surface area contributed by atoms with Crippen molar-refractivity contribution in [3.05, 3.63) is 88.2 Å². The lowest BCUT2D eigenvalue weighted by Gasteiger charge is -2.22. The fourth-order valence-electron chi connectivity index (χ4n) is 3.40. The Morgan fingerprint density at radius 3 is 2.40 bits per heavy atom. The normalized spacial score (nSPS) is 14.9. The molecule has 0 spiro atoms. The van der Waals surface area contributed by atoms with Crippen molar-refractivity contribution in [1.29, 1.82) is 0 Å². The number of aromatic nitrogens is 2. The highest BCUT2D eigenvalue weighted by Crippen LogP contribution is 2.25. The molecule has 0 aliphatic carbocycles. The third-order valence-corrected chi connectivity index (χ3v) is 5.31. The van der Waals surface area contributed by atoms with Crippen LogP contribution < -0.4 is 5.32 Å². The number of ether oxygens (including phenoxy) is 1. The van der Waals surface area contributed by atoms with Crippen LogP contribution in [-0.2, 0) is 33.7 Å². The van der Waals surface area contributed by atoms with Crippen molar-refractivity contribution in [2.24, 2.45) is 0 Å². The predicted molar refractivity (Wildman–Crippen MR) is 122 cm³/mol. The Labute approximate surface area is 204 Å². The number of halogens is 4. The maximum absolute atomic E-state index is 12.3. The van der Waals surface area contributed by atoms with Crippen LogP contribution >= 0.6 is 11.6 Å². The average Bonchev–Trinajstić information content (AvgIpc) is 3.22. The zero-order chi connectivity index (χ0) is 25.4. The van der Waals surface area contributed by atoms with E-state index in [-0.39, 0.29) is 12.0 Å². The van der Waals surface area contributed by atoms with E-state index in [0.717, 1.165) is 24.2 Å². The number of carbonyl (C=O) groups excluding carboxylic acids is 1. The van der Waals surface area contributed by atoms with Gasteiger partial charge < -0.3 is 15.2 Å². The largest absolute Gasteiger partial charge is 0.490 e. The lowest BCUT2D eigenvalue weighted by molar-refractivity contribution is -0.192. The highest BCUT2D eigenvalue weighted by molar-refractivity contribution is 6.30. The molecule has 11 heteroatoms. The van der Waals surface area contributed by atoms with Gasteiger partial charge in [-0.25, -0.2) is 4.79 Å². The van der Waals surface area contributed by atoms with Gasteiger partial charge >= 0.3 is 12.1 Å². The number of fused-ring (bicyclic) bond motifs is 1. The molecule has 1 aliphatic heterocycles. The monoisotopic (exact) mass is 509 g/mol. The number of carboxylic acids is 1. The van der Waals surface area contributed by atoms with E-state index in [9.17, 15) is 18.0 Å². The second-order valence-electron chi connectivity index (χ2n) is 7.74. The molecule has 0 bridgehead atoms. The minimum absolute atomic E-state index is 0.0400. The van der Waals surface area contributed by atoms with E-state index >= 15 is 0 Å². The van der Waals surface area contributed by atoms with E-state index in [2.05, 4.69) is 23.6 Å². The first-order valence-corrected chi connectivity index (χ1v) is 11.0. The van der Waals surface area contributed by atoms with E-state index in [4.69, 9.17) is 31.3 Å². The van der Waals surface area contributed by atoms with Gasteiger partial charge in [0.15, 0.2) is 0 Å². The number of amides is 1. The summed E-state index contributed by atoms with van der Waals surface area (Å²) in [5.41, 5.74) is 4.25. The van der Waals surface area contributed by atoms with E-state index < -0.39 is 12.1 Å². The highest BCUT2D eigenvalue weighted by atomic mass is 35.5. The molecule has 1 aromatic heterocycles. The lowest BCUT2D eigenvalue weighted by atomic mass is 10.1. The van der Waals surface area contributed by atoms with E-state index in [1.165, 1.54) is 11.1 Å². The summed E-state index contributed by atoms with van der Waals surface area (Å²) in [6.45, 7) is 1.78. The summed E-state index contributed by atoms with van der Waals surface area (Å²) in [4.78, 5) is 21.2. The molecular formula is C24H23ClF3N3O4. The Kier molecular flexibility index (Phi) is 8.89. The summed E-state index contributed by atoms with van der Waals surface area (Å²) >= 11 is 5.89. The number of hydrogen-bond acceptors (Lipinski definition) is 4. The molecule has 2 aromatic carbocycles. The van der Waals surface area contributed by atoms with Crippen molar-refractivity contribution in [2.75, 3.05) is 13.2 Å². The molecular weight excluding hydrogens is 487 g/mol. The SMILES string of the molecule is O=C(Cc1ccc(Cl)cc1)NCC1OCCc2cn(Cc3ccccc3)nc21.O=C(O)C(F)(F)F. The van der Waals surface area contributed by atoms with Gasteiger partial charge in [-0.2, -0.15) is 18.3 Å². The van der Waals surface area contributed by atoms with Crippen LogP contribution in [-0.4, -0.2) is 46.1 Å². The van der Waals surface area contributed by atoms with Gasteiger partial charge in [0.2, 0.25) is 5.91 Å². The maximum atomic E-state index is 12.3. The van der Waals surface area contributed by atoms with Crippen molar-refractivity contribution >= 4 is 23.5 Å². The van der Waals surface area contributed by atoms with Crippen LogP contribution in [0.1, 0.15) is 28.5 Å². The van der Waals surface area contributed by atoms with Gasteiger partial charge in [0.25, 0.3) is 0 Å². The summed E-state index contributed by atoms with van der Waals surface area (Å²) < 4.78 is 39.6. The van der Waals surface area contributed by atoms with Crippen molar-refractivity contribution in [2.45, 2.75) is 31.7 Å². The number of nitrogens with zero attached hydrogens (tertiary/aromatic N) is 2. The number of carboxylic acid groups (broad SMARTS) is 1. The molecule has 0 fully saturated rings. The van der Waals surface area contributed by atoms with E-state index in [1.54, 1.807) is 12.1 Å². The number of hydrogen-bond donors (Lipinski definition) is 2. The molecule has 2 N–H and O–H groups in total. The fraction of sp³-hybridized carbons (Fsp3) is 0.292. The average molecular weight is 510 g/mol. The molecule has 1 aliphatic rings. The molecule has 1 atom stereocenters. The van der Waals surface area contributed by atoms with Crippen molar-refractivity contribution < 1.29 is 32.6 Å². The Bertz CT molecular complexity index is 1140. The summed E-state index contributed by atoms with van der Waals surface area (Å²) in [5.74, 6) is -2.80. The van der Waals surface area contributed by atoms with Gasteiger partial charge in [-0.05, 0) is 35.2 Å². The van der Waals surface area contributed by atoms with Crippen molar-refractivity contribution in [3.63, 3.8) is 0 Å². The minimum Gasteiger partial charge on any atom is -0.475 e. The minimum atomic E-state index is -5.08. The Balaban J connectivity index is 0.000000429. The molecule has 35 heavy (non-hydrogen) atoms. The van der Waals surface area contributed by atoms with Crippen LogP contribution in [0.4, 0.5) is 13.2 Å². The standard InChI is InChI=1S/C22H22ClN3O2.C2HF3O2/c23-19-8-6-16(7-9-19)12-21(27)24-13-20-22-18(10-11-28-20)15-26(25-22)14-17-4-2-1-3-5-17;3-2(4,5)1(6)7/h1-9,15,20H,10-14H2,(H,24,27);(H,6,7). The second kappa shape index (κ2) is 11.9. The van der Waals surface area contributed by atoms with Gasteiger partial charge in [0.1, 0.15) is 6.10 Å². The van der Waals surface area contributed by atoms with Crippen LogP contribution in [0.3, 0.4) is 0 Å². The molecule has 1 amide bonds. The van der Waals surface area contributed by atoms with Crippen LogP contribution in [0, 0.1) is 0 Å². The first-order chi connectivity index (χ1) is 16.6. The Hall–Kier alpha value is -3.37. The quantitative estimate of drug-likeness (QED) is 0.520. The summed E-state index contributed by atoms with van der Waals surface area (Å²) in [7, 11) is 0. The number of aliphatic carboxylic acids is 1. The van der Waals surface area contributed by atoms with Crippen LogP contribution in [0.2, 0.25) is 5.02 Å². The van der Waals surface area contributed by atoms with Crippen LogP contribution in [0.5, 0.6) is 0 Å². The van der Waals surface area contributed by atoms with Crippen molar-refractivity contribution in [1.82, 2.24) is 15.1 Å². The number of carbonyl (C=O) groups is 2. The first kappa shape index (κ1) is 26.2. The predicted octanol–water partition coefficient (Wildman–Crippen LogP) is 4.19. The van der Waals surface area contributed by atoms with Gasteiger partial charge in [0.05, 0.1) is 25.3 Å². The lowest BCUT2D eigenvalue weighted by Crippen LogP contribution is -2.32. The zero-order valence-corrected chi connectivity index (χ0v) is 19.2. The maximum Gasteiger partial charge on any atom is 0.490 e. The zero-order valence-electron chi connectivity index (χ0n) is 18.5. The third-order valence-electron chi connectivity index (χ3n) is 5.06. The van der Waals surface area contributed by atoms with Crippen molar-refractivity contribution in [3.8, 4) is 0 Å². The summed E-state index contributed by atoms with van der Waals surface area (Å²) in [6.07, 6.45) is -2.04. The van der Waals surface area contributed by atoms with Gasteiger partial charge in [-0.15, -0.1) is 0 Å². The molecule has 1 unspecified atom stereocenters. The number of nitrogens with one attached hydrogen (secondary N) is 1. The van der Waals surface area contributed by atoms with E-state index in [1.807, 2.05) is 35.0 Å². The smallest absolute Gasteiger partial charge is 0.475 e. The van der Waals surface area contributed by atoms with Gasteiger partial charge in [-0.1, -0.05) is 54.1 Å². The topological polar surface area (TPSA) is 93.5 Å². The van der Waals surface area contributed by atoms with Gasteiger partial charge in [0, 0.05) is 17.8 Å². The molecule has 0 saturated carbocycles. The number of rotatable bonds is 6. The van der Waals surface area contributed by atoms with Crippen LogP contribution in [0.25, 0.3) is 0 Å². The molecule has 2 heterocycles. The third kappa shape index (κ3) is 8.11.